The smallest absolute Gasteiger partial charge is 0.106 e. The molecule has 2 aliphatic rings. The van der Waals surface area contributed by atoms with Gasteiger partial charge in [-0.2, -0.15) is 0 Å². The predicted octanol–water partition coefficient (Wildman–Crippen LogP) is 6.12. The number of thiocarbonyl (C=S) groups is 1. The van der Waals surface area contributed by atoms with Crippen LogP contribution in [0.25, 0.3) is 0 Å². The Balaban J connectivity index is 0.00000256. The second-order valence-electron chi connectivity index (χ2n) is 8.58. The van der Waals surface area contributed by atoms with Gasteiger partial charge in [0.05, 0.1) is 11.4 Å². The van der Waals surface area contributed by atoms with Gasteiger partial charge in [0.1, 0.15) is 4.99 Å². The van der Waals surface area contributed by atoms with Crippen molar-refractivity contribution >= 4 is 52.8 Å². The zero-order chi connectivity index (χ0) is 20.4. The van der Waals surface area contributed by atoms with E-state index in [-0.39, 0.29) is 12.4 Å². The van der Waals surface area contributed by atoms with Crippen LogP contribution in [0, 0.1) is 5.92 Å². The molecule has 1 fully saturated rings. The maximum Gasteiger partial charge on any atom is 0.106 e. The minimum absolute atomic E-state index is 0. The molecule has 0 amide bonds. The first-order valence-corrected chi connectivity index (χ1v) is 12.0. The number of benzene rings is 2. The molecular formula is C24H32ClN3S2. The first kappa shape index (κ1) is 23.4. The number of hydrogen-bond donors (Lipinski definition) is 1. The van der Waals surface area contributed by atoms with Crippen molar-refractivity contribution in [2.75, 3.05) is 31.1 Å². The standard InChI is InChI=1S/C24H31N3S2.ClH/c1-17(2)15-25-24(28)19-10-11-23-21(14-19)27(18(3)16-26-12-6-7-13-26)20-8-4-5-9-22(20)29-23;/h4-5,8-11,14,17-18H,6-7,12-13,15-16H2,1-3H3,(H,25,28);1H/t18-;/m1./s1. The average molecular weight is 462 g/mol. The van der Waals surface area contributed by atoms with Crippen molar-refractivity contribution in [3.8, 4) is 0 Å². The highest BCUT2D eigenvalue weighted by Gasteiger charge is 2.29. The molecular weight excluding hydrogens is 430 g/mol. The Kier molecular flexibility index (Phi) is 8.08. The molecule has 0 spiro atoms. The van der Waals surface area contributed by atoms with Gasteiger partial charge in [-0.3, -0.25) is 0 Å². The van der Waals surface area contributed by atoms with Crippen LogP contribution in [0.3, 0.4) is 0 Å². The number of anilines is 2. The molecule has 0 aliphatic carbocycles. The molecule has 3 nitrogen and oxygen atoms in total. The lowest BCUT2D eigenvalue weighted by atomic mass is 10.1. The fourth-order valence-electron chi connectivity index (χ4n) is 4.22. The molecule has 30 heavy (non-hydrogen) atoms. The van der Waals surface area contributed by atoms with Gasteiger partial charge in [0.2, 0.25) is 0 Å². The number of hydrogen-bond acceptors (Lipinski definition) is 4. The molecule has 2 aliphatic heterocycles. The molecule has 162 valence electrons. The average Bonchev–Trinajstić information content (AvgIpc) is 3.22. The third kappa shape index (κ3) is 5.13. The van der Waals surface area contributed by atoms with Crippen molar-refractivity contribution in [2.24, 2.45) is 5.92 Å². The molecule has 1 saturated heterocycles. The lowest BCUT2D eigenvalue weighted by Gasteiger charge is -2.39. The second-order valence-corrected chi connectivity index (χ2v) is 10.1. The summed E-state index contributed by atoms with van der Waals surface area (Å²) in [4.78, 5) is 8.63. The van der Waals surface area contributed by atoms with E-state index >= 15 is 0 Å². The maximum atomic E-state index is 5.70. The Morgan fingerprint density at radius 3 is 2.47 bits per heavy atom. The van der Waals surface area contributed by atoms with Gasteiger partial charge in [0, 0.05) is 34.5 Å². The van der Waals surface area contributed by atoms with Gasteiger partial charge in [-0.25, -0.2) is 0 Å². The monoisotopic (exact) mass is 461 g/mol. The number of fused-ring (bicyclic) bond motifs is 2. The van der Waals surface area contributed by atoms with Crippen molar-refractivity contribution in [1.82, 2.24) is 10.2 Å². The largest absolute Gasteiger partial charge is 0.376 e. The molecule has 0 aromatic heterocycles. The van der Waals surface area contributed by atoms with E-state index in [0.717, 1.165) is 23.6 Å². The summed E-state index contributed by atoms with van der Waals surface area (Å²) < 4.78 is 0. The fraction of sp³-hybridized carbons (Fsp3) is 0.458. The van der Waals surface area contributed by atoms with Crippen LogP contribution in [0.1, 0.15) is 39.2 Å². The molecule has 6 heteroatoms. The van der Waals surface area contributed by atoms with Gasteiger partial charge in [0.15, 0.2) is 0 Å². The van der Waals surface area contributed by atoms with Crippen LogP contribution in [0.15, 0.2) is 52.3 Å². The van der Waals surface area contributed by atoms with Crippen LogP contribution in [0.2, 0.25) is 0 Å². The fourth-order valence-corrected chi connectivity index (χ4v) is 5.48. The van der Waals surface area contributed by atoms with Crippen molar-refractivity contribution < 1.29 is 0 Å². The van der Waals surface area contributed by atoms with E-state index in [1.807, 2.05) is 11.8 Å². The van der Waals surface area contributed by atoms with Gasteiger partial charge in [-0.15, -0.1) is 12.4 Å². The van der Waals surface area contributed by atoms with Crippen LogP contribution in [-0.4, -0.2) is 42.1 Å². The van der Waals surface area contributed by atoms with E-state index in [9.17, 15) is 0 Å². The summed E-state index contributed by atoms with van der Waals surface area (Å²) in [6, 6.07) is 15.9. The summed E-state index contributed by atoms with van der Waals surface area (Å²) in [6.07, 6.45) is 2.66. The Labute approximate surface area is 197 Å². The molecule has 2 aromatic rings. The Hall–Kier alpha value is -1.27. The van der Waals surface area contributed by atoms with Gasteiger partial charge >= 0.3 is 0 Å². The van der Waals surface area contributed by atoms with Gasteiger partial charge in [-0.05, 0) is 63.0 Å². The minimum Gasteiger partial charge on any atom is -0.376 e. The highest BCUT2D eigenvalue weighted by atomic mass is 35.5. The molecule has 1 atom stereocenters. The van der Waals surface area contributed by atoms with Crippen LogP contribution in [-0.2, 0) is 0 Å². The third-order valence-electron chi connectivity index (χ3n) is 5.66. The quantitative estimate of drug-likeness (QED) is 0.521. The lowest BCUT2D eigenvalue weighted by Crippen LogP contribution is -2.40. The molecule has 0 bridgehead atoms. The van der Waals surface area contributed by atoms with Crippen LogP contribution < -0.4 is 10.2 Å². The first-order valence-electron chi connectivity index (χ1n) is 10.7. The molecule has 4 rings (SSSR count). The highest BCUT2D eigenvalue weighted by molar-refractivity contribution is 7.99. The van der Waals surface area contributed by atoms with Gasteiger partial charge in [-0.1, -0.05) is 56.0 Å². The Morgan fingerprint density at radius 1 is 1.03 bits per heavy atom. The van der Waals surface area contributed by atoms with Crippen molar-refractivity contribution in [3.63, 3.8) is 0 Å². The lowest BCUT2D eigenvalue weighted by molar-refractivity contribution is 0.319. The van der Waals surface area contributed by atoms with Crippen LogP contribution >= 0.6 is 36.4 Å². The van der Waals surface area contributed by atoms with E-state index in [4.69, 9.17) is 12.2 Å². The summed E-state index contributed by atoms with van der Waals surface area (Å²) in [7, 11) is 0. The molecule has 2 aromatic carbocycles. The van der Waals surface area contributed by atoms with Gasteiger partial charge < -0.3 is 15.1 Å². The van der Waals surface area contributed by atoms with E-state index in [1.165, 1.54) is 47.1 Å². The molecule has 0 radical (unpaired) electrons. The Bertz CT molecular complexity index is 881. The first-order chi connectivity index (χ1) is 14.0. The van der Waals surface area contributed by atoms with E-state index in [2.05, 4.69) is 78.4 Å². The minimum atomic E-state index is 0. The van der Waals surface area contributed by atoms with E-state index in [0.29, 0.717) is 12.0 Å². The maximum absolute atomic E-state index is 5.70. The highest BCUT2D eigenvalue weighted by Crippen LogP contribution is 2.49. The number of likely N-dealkylation sites (tertiary alicyclic amines) is 1. The Morgan fingerprint density at radius 2 is 1.73 bits per heavy atom. The number of rotatable bonds is 6. The summed E-state index contributed by atoms with van der Waals surface area (Å²) in [6.45, 7) is 11.2. The zero-order valence-electron chi connectivity index (χ0n) is 18.1. The topological polar surface area (TPSA) is 18.5 Å². The molecule has 1 N–H and O–H groups in total. The van der Waals surface area contributed by atoms with Crippen molar-refractivity contribution in [1.29, 1.82) is 0 Å². The van der Waals surface area contributed by atoms with Crippen LogP contribution in [0.4, 0.5) is 11.4 Å². The molecule has 0 unspecified atom stereocenters. The van der Waals surface area contributed by atoms with Crippen molar-refractivity contribution in [3.05, 3.63) is 48.0 Å². The van der Waals surface area contributed by atoms with Gasteiger partial charge in [0.25, 0.3) is 0 Å². The normalized spacial score (nSPS) is 16.6. The SMILES string of the molecule is CC(C)CNC(=S)c1ccc2c(c1)N([C@H](C)CN1CCCC1)c1ccccc1S2.Cl. The summed E-state index contributed by atoms with van der Waals surface area (Å²) >= 11 is 7.56. The van der Waals surface area contributed by atoms with E-state index in [1.54, 1.807) is 0 Å². The zero-order valence-corrected chi connectivity index (χ0v) is 20.5. The second kappa shape index (κ2) is 10.4. The predicted molar refractivity (Wildman–Crippen MR) is 136 cm³/mol. The van der Waals surface area contributed by atoms with Crippen molar-refractivity contribution in [2.45, 2.75) is 49.4 Å². The number of nitrogens with zero attached hydrogens (tertiary/aromatic N) is 2. The summed E-state index contributed by atoms with van der Waals surface area (Å²) in [5.41, 5.74) is 3.71. The summed E-state index contributed by atoms with van der Waals surface area (Å²) in [5.74, 6) is 0.574. The number of nitrogens with one attached hydrogen (secondary N) is 1. The van der Waals surface area contributed by atoms with Crippen LogP contribution in [0.5, 0.6) is 0 Å². The van der Waals surface area contributed by atoms with E-state index < -0.39 is 0 Å². The molecule has 0 saturated carbocycles. The number of para-hydroxylation sites is 1. The third-order valence-corrected chi connectivity index (χ3v) is 7.17. The summed E-state index contributed by atoms with van der Waals surface area (Å²) in [5, 5.41) is 3.43. The molecule has 2 heterocycles. The number of halogens is 1.